The number of aliphatic hydroxyl groups excluding tert-OH is 1. The molecular formula is C20H25F3N4O2. The molecule has 0 bridgehead atoms. The number of nitrogens with zero attached hydrogens (tertiary/aromatic N) is 3. The van der Waals surface area contributed by atoms with E-state index >= 15 is 0 Å². The highest BCUT2D eigenvalue weighted by atomic mass is 19.4. The average molecular weight is 410 g/mol. The van der Waals surface area contributed by atoms with Crippen LogP contribution in [-0.2, 0) is 18.3 Å². The fourth-order valence-corrected chi connectivity index (χ4v) is 4.22. The molecule has 0 amide bonds. The van der Waals surface area contributed by atoms with E-state index in [4.69, 9.17) is 0 Å². The lowest BCUT2D eigenvalue weighted by molar-refractivity contribution is -0.137. The van der Waals surface area contributed by atoms with Gasteiger partial charge in [-0.1, -0.05) is 17.3 Å². The second-order valence-corrected chi connectivity index (χ2v) is 8.63. The molecule has 2 aliphatic rings. The Kier molecular flexibility index (Phi) is 4.95. The van der Waals surface area contributed by atoms with Crippen molar-refractivity contribution in [2.75, 3.05) is 6.61 Å². The van der Waals surface area contributed by atoms with Crippen LogP contribution < -0.4 is 5.32 Å². The van der Waals surface area contributed by atoms with Gasteiger partial charge in [0.2, 0.25) is 0 Å². The maximum atomic E-state index is 12.8. The number of piperidine rings is 1. The predicted molar refractivity (Wildman–Crippen MR) is 98.7 cm³/mol. The van der Waals surface area contributed by atoms with Gasteiger partial charge in [-0.15, -0.1) is 5.10 Å². The third kappa shape index (κ3) is 4.17. The van der Waals surface area contributed by atoms with Crippen molar-refractivity contribution < 1.29 is 23.4 Å². The van der Waals surface area contributed by atoms with Crippen LogP contribution in [0, 0.1) is 5.41 Å². The zero-order valence-corrected chi connectivity index (χ0v) is 16.2. The van der Waals surface area contributed by atoms with E-state index in [1.54, 1.807) is 4.68 Å². The maximum Gasteiger partial charge on any atom is 0.416 e. The van der Waals surface area contributed by atoms with Crippen LogP contribution in [0.25, 0.3) is 0 Å². The van der Waals surface area contributed by atoms with Gasteiger partial charge < -0.3 is 15.5 Å². The summed E-state index contributed by atoms with van der Waals surface area (Å²) in [6.45, 7) is 2.65. The van der Waals surface area contributed by atoms with E-state index in [1.807, 2.05) is 13.1 Å². The van der Waals surface area contributed by atoms with Gasteiger partial charge in [0.25, 0.3) is 0 Å². The number of aromatic nitrogens is 3. The molecule has 1 aliphatic carbocycles. The summed E-state index contributed by atoms with van der Waals surface area (Å²) in [5, 5.41) is 32.6. The number of nitrogens with one attached hydrogen (secondary N) is 1. The van der Waals surface area contributed by atoms with Gasteiger partial charge in [-0.3, -0.25) is 4.68 Å². The van der Waals surface area contributed by atoms with Gasteiger partial charge in [0, 0.05) is 17.9 Å². The van der Waals surface area contributed by atoms with Crippen LogP contribution in [0.3, 0.4) is 0 Å². The molecule has 4 rings (SSSR count). The predicted octanol–water partition coefficient (Wildman–Crippen LogP) is 2.77. The van der Waals surface area contributed by atoms with Crippen molar-refractivity contribution in [2.24, 2.45) is 5.41 Å². The van der Waals surface area contributed by atoms with E-state index in [9.17, 15) is 23.4 Å². The standard InChI is InChI=1S/C20H25F3N4O2/c1-13-8-19(29,14-2-4-15(5-3-14)20(21,22)23)9-16(24-13)17-10-27(26-25-17)11-18(12-28)6-7-18/h2-5,10,13,16,24,28-29H,6-9,11-12H2,1H3/t13-,16-,19?/m0/s1. The van der Waals surface area contributed by atoms with Crippen molar-refractivity contribution >= 4 is 0 Å². The monoisotopic (exact) mass is 410 g/mol. The van der Waals surface area contributed by atoms with Crippen LogP contribution in [0.5, 0.6) is 0 Å². The molecule has 3 N–H and O–H groups in total. The zero-order chi connectivity index (χ0) is 20.9. The van der Waals surface area contributed by atoms with E-state index < -0.39 is 17.3 Å². The molecular weight excluding hydrogens is 385 g/mol. The molecule has 1 aliphatic heterocycles. The van der Waals surface area contributed by atoms with Crippen LogP contribution in [0.2, 0.25) is 0 Å². The second-order valence-electron chi connectivity index (χ2n) is 8.63. The first-order valence-corrected chi connectivity index (χ1v) is 9.80. The van der Waals surface area contributed by atoms with Crippen LogP contribution in [0.4, 0.5) is 13.2 Å². The van der Waals surface area contributed by atoms with Gasteiger partial charge in [0.15, 0.2) is 0 Å². The Hall–Kier alpha value is -1.97. The first-order valence-electron chi connectivity index (χ1n) is 9.80. The highest BCUT2D eigenvalue weighted by Gasteiger charge is 2.44. The minimum Gasteiger partial charge on any atom is -0.396 e. The number of aliphatic hydroxyl groups is 2. The first kappa shape index (κ1) is 20.3. The number of benzene rings is 1. The molecule has 1 saturated carbocycles. The van der Waals surface area contributed by atoms with Crippen molar-refractivity contribution in [3.05, 3.63) is 47.3 Å². The Labute approximate surface area is 166 Å². The van der Waals surface area contributed by atoms with Crippen molar-refractivity contribution in [3.8, 4) is 0 Å². The summed E-state index contributed by atoms with van der Waals surface area (Å²) in [5.41, 5.74) is -0.945. The van der Waals surface area contributed by atoms with E-state index in [0.717, 1.165) is 25.0 Å². The summed E-state index contributed by atoms with van der Waals surface area (Å²) in [6, 6.07) is 4.40. The Morgan fingerprint density at radius 2 is 1.90 bits per heavy atom. The lowest BCUT2D eigenvalue weighted by atomic mass is 9.78. The minimum absolute atomic E-state index is 0.0570. The topological polar surface area (TPSA) is 83.2 Å². The van der Waals surface area contributed by atoms with E-state index in [0.29, 0.717) is 24.2 Å². The number of rotatable bonds is 5. The van der Waals surface area contributed by atoms with Crippen molar-refractivity contribution in [2.45, 2.75) is 63.0 Å². The van der Waals surface area contributed by atoms with Gasteiger partial charge in [-0.05, 0) is 43.9 Å². The minimum atomic E-state index is -4.41. The molecule has 1 saturated heterocycles. The molecule has 9 heteroatoms. The molecule has 0 radical (unpaired) electrons. The van der Waals surface area contributed by atoms with Crippen molar-refractivity contribution in [3.63, 3.8) is 0 Å². The molecule has 1 aromatic heterocycles. The average Bonchev–Trinajstić information content (AvgIpc) is 3.28. The lowest BCUT2D eigenvalue weighted by Crippen LogP contribution is -2.47. The lowest BCUT2D eigenvalue weighted by Gasteiger charge is -2.40. The van der Waals surface area contributed by atoms with Gasteiger partial charge in [0.05, 0.1) is 42.2 Å². The maximum absolute atomic E-state index is 12.8. The molecule has 6 nitrogen and oxygen atoms in total. The molecule has 2 aromatic rings. The quantitative estimate of drug-likeness (QED) is 0.706. The Bertz CT molecular complexity index is 863. The van der Waals surface area contributed by atoms with Crippen LogP contribution >= 0.6 is 0 Å². The highest BCUT2D eigenvalue weighted by molar-refractivity contribution is 5.30. The second kappa shape index (κ2) is 7.07. The molecule has 29 heavy (non-hydrogen) atoms. The smallest absolute Gasteiger partial charge is 0.396 e. The summed E-state index contributed by atoms with van der Waals surface area (Å²) in [6.07, 6.45) is 0.00895. The number of hydrogen-bond donors (Lipinski definition) is 3. The summed E-state index contributed by atoms with van der Waals surface area (Å²) < 4.78 is 40.3. The van der Waals surface area contributed by atoms with Gasteiger partial charge >= 0.3 is 6.18 Å². The molecule has 0 spiro atoms. The molecule has 1 unspecified atom stereocenters. The SMILES string of the molecule is C[C@H]1CC(O)(c2ccc(C(F)(F)F)cc2)C[C@@H](c2cn(CC3(CO)CC3)nn2)N1. The first-order chi connectivity index (χ1) is 13.6. The molecule has 1 aromatic carbocycles. The normalized spacial score (nSPS) is 29.0. The Balaban J connectivity index is 1.52. The summed E-state index contributed by atoms with van der Waals surface area (Å²) in [7, 11) is 0. The van der Waals surface area contributed by atoms with Gasteiger partial charge in [-0.25, -0.2) is 0 Å². The molecule has 3 atom stereocenters. The number of halogens is 3. The summed E-state index contributed by atoms with van der Waals surface area (Å²) in [4.78, 5) is 0. The fourth-order valence-electron chi connectivity index (χ4n) is 4.22. The van der Waals surface area contributed by atoms with E-state index in [1.165, 1.54) is 12.1 Å². The molecule has 158 valence electrons. The van der Waals surface area contributed by atoms with Crippen molar-refractivity contribution in [1.82, 2.24) is 20.3 Å². The highest BCUT2D eigenvalue weighted by Crippen LogP contribution is 2.46. The molecule has 2 fully saturated rings. The number of alkyl halides is 3. The van der Waals surface area contributed by atoms with Gasteiger partial charge in [-0.2, -0.15) is 13.2 Å². The number of hydrogen-bond acceptors (Lipinski definition) is 5. The zero-order valence-electron chi connectivity index (χ0n) is 16.2. The van der Waals surface area contributed by atoms with Crippen LogP contribution in [-0.4, -0.2) is 37.9 Å². The van der Waals surface area contributed by atoms with Crippen LogP contribution in [0.1, 0.15) is 55.5 Å². The summed E-state index contributed by atoms with van der Waals surface area (Å²) >= 11 is 0. The third-order valence-electron chi connectivity index (χ3n) is 6.12. The van der Waals surface area contributed by atoms with E-state index in [2.05, 4.69) is 15.6 Å². The Morgan fingerprint density at radius 3 is 2.48 bits per heavy atom. The Morgan fingerprint density at radius 1 is 1.21 bits per heavy atom. The molecule has 2 heterocycles. The van der Waals surface area contributed by atoms with E-state index in [-0.39, 0.29) is 30.5 Å². The van der Waals surface area contributed by atoms with Gasteiger partial charge in [0.1, 0.15) is 0 Å². The fraction of sp³-hybridized carbons (Fsp3) is 0.600. The van der Waals surface area contributed by atoms with Crippen LogP contribution in [0.15, 0.2) is 30.5 Å². The van der Waals surface area contributed by atoms with Crippen molar-refractivity contribution in [1.29, 1.82) is 0 Å². The largest absolute Gasteiger partial charge is 0.416 e. The summed E-state index contributed by atoms with van der Waals surface area (Å²) in [5.74, 6) is 0. The third-order valence-corrected chi connectivity index (χ3v) is 6.12.